The van der Waals surface area contributed by atoms with Crippen molar-refractivity contribution in [2.45, 2.75) is 72.1 Å². The number of carbonyl (C=O) groups is 1. The van der Waals surface area contributed by atoms with Crippen LogP contribution in [0.25, 0.3) is 0 Å². The summed E-state index contributed by atoms with van der Waals surface area (Å²) in [5.41, 5.74) is 2.75. The molecule has 0 aliphatic carbocycles. The molecular weight excluding hydrogens is 376 g/mol. The van der Waals surface area contributed by atoms with Crippen LogP contribution in [0.5, 0.6) is 23.0 Å². The Morgan fingerprint density at radius 2 is 1.57 bits per heavy atom. The van der Waals surface area contributed by atoms with Crippen LogP contribution >= 0.6 is 0 Å². The Bertz CT molecular complexity index is 870. The van der Waals surface area contributed by atoms with Crippen molar-refractivity contribution < 1.29 is 19.0 Å². The summed E-state index contributed by atoms with van der Waals surface area (Å²) in [6.07, 6.45) is 2.73. The minimum absolute atomic E-state index is 0.0353. The van der Waals surface area contributed by atoms with Crippen molar-refractivity contribution in [2.75, 3.05) is 13.7 Å². The lowest BCUT2D eigenvalue weighted by molar-refractivity contribution is 0.112. The molecule has 0 aliphatic rings. The van der Waals surface area contributed by atoms with Crippen LogP contribution in [0, 0.1) is 0 Å². The summed E-state index contributed by atoms with van der Waals surface area (Å²) in [5.74, 6) is 2.26. The summed E-state index contributed by atoms with van der Waals surface area (Å²) < 4.78 is 17.9. The van der Waals surface area contributed by atoms with Gasteiger partial charge in [-0.25, -0.2) is 0 Å². The lowest BCUT2D eigenvalue weighted by atomic mass is 9.80. The molecule has 2 rings (SSSR count). The number of benzene rings is 2. The molecule has 164 valence electrons. The van der Waals surface area contributed by atoms with E-state index in [4.69, 9.17) is 14.2 Å². The maximum atomic E-state index is 11.5. The second kappa shape index (κ2) is 9.55. The Morgan fingerprint density at radius 3 is 2.10 bits per heavy atom. The Morgan fingerprint density at radius 1 is 0.900 bits per heavy atom. The van der Waals surface area contributed by atoms with Gasteiger partial charge in [-0.05, 0) is 41.0 Å². The number of hydrogen-bond donors (Lipinski definition) is 0. The molecule has 0 amide bonds. The molecule has 0 N–H and O–H groups in total. The third-order valence-electron chi connectivity index (χ3n) is 5.02. The van der Waals surface area contributed by atoms with Crippen LogP contribution in [-0.4, -0.2) is 20.0 Å². The van der Waals surface area contributed by atoms with E-state index in [1.165, 1.54) is 5.56 Å². The van der Waals surface area contributed by atoms with Gasteiger partial charge in [-0.1, -0.05) is 67.0 Å². The highest BCUT2D eigenvalue weighted by Crippen LogP contribution is 2.44. The molecule has 0 bridgehead atoms. The normalized spacial score (nSPS) is 11.9. The lowest BCUT2D eigenvalue weighted by Gasteiger charge is -2.27. The molecule has 30 heavy (non-hydrogen) atoms. The number of hydrogen-bond acceptors (Lipinski definition) is 4. The fourth-order valence-electron chi connectivity index (χ4n) is 3.14. The van der Waals surface area contributed by atoms with E-state index in [1.807, 2.05) is 6.07 Å². The zero-order valence-electron chi connectivity index (χ0n) is 19.7. The SMILES string of the molecule is CCCCOc1c(OC)cc(C=O)cc1Oc1ccc(C(C)(C)C)cc1C(C)(C)C. The summed E-state index contributed by atoms with van der Waals surface area (Å²) in [6, 6.07) is 9.71. The summed E-state index contributed by atoms with van der Waals surface area (Å²) >= 11 is 0. The summed E-state index contributed by atoms with van der Waals surface area (Å²) in [7, 11) is 1.57. The molecule has 0 heterocycles. The first-order valence-corrected chi connectivity index (χ1v) is 10.6. The number of carbonyl (C=O) groups excluding carboxylic acids is 1. The van der Waals surface area contributed by atoms with Crippen molar-refractivity contribution in [2.24, 2.45) is 0 Å². The fourth-order valence-corrected chi connectivity index (χ4v) is 3.14. The molecule has 0 spiro atoms. The van der Waals surface area contributed by atoms with Crippen molar-refractivity contribution in [1.29, 1.82) is 0 Å². The Balaban J connectivity index is 2.58. The number of unbranched alkanes of at least 4 members (excludes halogenated alkanes) is 1. The largest absolute Gasteiger partial charge is 0.493 e. The average Bonchev–Trinajstić information content (AvgIpc) is 2.67. The minimum atomic E-state index is -0.119. The molecule has 0 saturated heterocycles. The third kappa shape index (κ3) is 5.78. The zero-order chi connectivity index (χ0) is 22.5. The highest BCUT2D eigenvalue weighted by molar-refractivity contribution is 5.78. The van der Waals surface area contributed by atoms with E-state index in [1.54, 1.807) is 19.2 Å². The van der Waals surface area contributed by atoms with Gasteiger partial charge >= 0.3 is 0 Å². The van der Waals surface area contributed by atoms with Gasteiger partial charge in [0.1, 0.15) is 12.0 Å². The van der Waals surface area contributed by atoms with Crippen molar-refractivity contribution in [3.63, 3.8) is 0 Å². The molecule has 0 radical (unpaired) electrons. The van der Waals surface area contributed by atoms with Crippen LogP contribution < -0.4 is 14.2 Å². The highest BCUT2D eigenvalue weighted by atomic mass is 16.5. The molecule has 2 aromatic carbocycles. The Labute approximate surface area is 181 Å². The topological polar surface area (TPSA) is 44.8 Å². The van der Waals surface area contributed by atoms with Gasteiger partial charge in [-0.2, -0.15) is 0 Å². The van der Waals surface area contributed by atoms with Crippen molar-refractivity contribution >= 4 is 6.29 Å². The Hall–Kier alpha value is -2.49. The predicted octanol–water partition coefficient (Wildman–Crippen LogP) is 7.07. The number of methoxy groups -OCH3 is 1. The summed E-state index contributed by atoms with van der Waals surface area (Å²) in [5, 5.41) is 0. The summed E-state index contributed by atoms with van der Waals surface area (Å²) in [6.45, 7) is 15.8. The first-order valence-electron chi connectivity index (χ1n) is 10.6. The molecule has 0 aromatic heterocycles. The van der Waals surface area contributed by atoms with Crippen LogP contribution in [0.15, 0.2) is 30.3 Å². The van der Waals surface area contributed by atoms with Crippen molar-refractivity contribution in [3.05, 3.63) is 47.0 Å². The second-order valence-electron chi connectivity index (χ2n) is 9.68. The van der Waals surface area contributed by atoms with Gasteiger partial charge in [0.15, 0.2) is 11.5 Å². The molecule has 0 unspecified atom stereocenters. The second-order valence-corrected chi connectivity index (χ2v) is 9.68. The lowest BCUT2D eigenvalue weighted by Crippen LogP contribution is -2.17. The van der Waals surface area contributed by atoms with E-state index < -0.39 is 0 Å². The first-order chi connectivity index (χ1) is 14.0. The molecule has 4 heteroatoms. The van der Waals surface area contributed by atoms with Crippen LogP contribution in [0.1, 0.15) is 82.8 Å². The molecular formula is C26H36O4. The van der Waals surface area contributed by atoms with E-state index in [9.17, 15) is 4.79 Å². The van der Waals surface area contributed by atoms with E-state index in [-0.39, 0.29) is 10.8 Å². The van der Waals surface area contributed by atoms with Gasteiger partial charge in [-0.3, -0.25) is 4.79 Å². The molecule has 0 saturated carbocycles. The molecule has 0 atom stereocenters. The van der Waals surface area contributed by atoms with Gasteiger partial charge in [0.25, 0.3) is 0 Å². The molecule has 0 fully saturated rings. The van der Waals surface area contributed by atoms with Crippen LogP contribution in [0.3, 0.4) is 0 Å². The average molecular weight is 413 g/mol. The third-order valence-corrected chi connectivity index (χ3v) is 5.02. The fraction of sp³-hybridized carbons (Fsp3) is 0.500. The van der Waals surface area contributed by atoms with Crippen LogP contribution in [0.4, 0.5) is 0 Å². The van der Waals surface area contributed by atoms with Crippen LogP contribution in [0.2, 0.25) is 0 Å². The maximum Gasteiger partial charge on any atom is 0.204 e. The van der Waals surface area contributed by atoms with Gasteiger partial charge in [0.05, 0.1) is 13.7 Å². The maximum absolute atomic E-state index is 11.5. The van der Waals surface area contributed by atoms with E-state index in [0.29, 0.717) is 29.4 Å². The number of rotatable bonds is 8. The number of ether oxygens (including phenoxy) is 3. The quantitative estimate of drug-likeness (QED) is 0.343. The number of aldehydes is 1. The van der Waals surface area contributed by atoms with E-state index in [2.05, 4.69) is 60.6 Å². The van der Waals surface area contributed by atoms with E-state index >= 15 is 0 Å². The van der Waals surface area contributed by atoms with Gasteiger partial charge < -0.3 is 14.2 Å². The van der Waals surface area contributed by atoms with Gasteiger partial charge in [0.2, 0.25) is 5.75 Å². The molecule has 4 nitrogen and oxygen atoms in total. The minimum Gasteiger partial charge on any atom is -0.493 e. The summed E-state index contributed by atoms with van der Waals surface area (Å²) in [4.78, 5) is 11.5. The van der Waals surface area contributed by atoms with Gasteiger partial charge in [-0.15, -0.1) is 0 Å². The monoisotopic (exact) mass is 412 g/mol. The standard InChI is InChI=1S/C26H36O4/c1-9-10-13-29-24-22(28-8)14-18(17-27)15-23(24)30-21-12-11-19(25(2,3)4)16-20(21)26(5,6)7/h11-12,14-17H,9-10,13H2,1-8H3. The van der Waals surface area contributed by atoms with Crippen molar-refractivity contribution in [3.8, 4) is 23.0 Å². The van der Waals surface area contributed by atoms with Gasteiger partial charge in [0, 0.05) is 11.1 Å². The Kier molecular flexibility index (Phi) is 7.57. The van der Waals surface area contributed by atoms with E-state index in [0.717, 1.165) is 30.4 Å². The van der Waals surface area contributed by atoms with Crippen LogP contribution in [-0.2, 0) is 10.8 Å². The molecule has 2 aromatic rings. The molecule has 0 aliphatic heterocycles. The smallest absolute Gasteiger partial charge is 0.204 e. The highest BCUT2D eigenvalue weighted by Gasteiger charge is 2.25. The zero-order valence-corrected chi connectivity index (χ0v) is 19.7. The predicted molar refractivity (Wildman–Crippen MR) is 123 cm³/mol. The van der Waals surface area contributed by atoms with Crippen molar-refractivity contribution in [1.82, 2.24) is 0 Å². The first kappa shape index (κ1) is 23.8.